The smallest absolute Gasteiger partial charge is 0.257 e. The maximum Gasteiger partial charge on any atom is 0.257 e. The highest BCUT2D eigenvalue weighted by Gasteiger charge is 2.27. The third-order valence-corrected chi connectivity index (χ3v) is 4.24. The number of pyridine rings is 1. The first kappa shape index (κ1) is 16.6. The molecule has 1 aromatic carbocycles. The van der Waals surface area contributed by atoms with Crippen LogP contribution in [0.4, 0.5) is 0 Å². The van der Waals surface area contributed by atoms with Crippen LogP contribution in [0.2, 0.25) is 5.02 Å². The van der Waals surface area contributed by atoms with E-state index in [0.717, 1.165) is 18.6 Å². The molecule has 3 rings (SSSR count). The molecule has 0 unspecified atom stereocenters. The summed E-state index contributed by atoms with van der Waals surface area (Å²) in [4.78, 5) is 18.6. The molecule has 1 aliphatic heterocycles. The molecule has 5 nitrogen and oxygen atoms in total. The first-order valence-electron chi connectivity index (χ1n) is 7.87. The van der Waals surface area contributed by atoms with Gasteiger partial charge in [-0.15, -0.1) is 0 Å². The van der Waals surface area contributed by atoms with Crippen LogP contribution < -0.4 is 9.47 Å². The van der Waals surface area contributed by atoms with Crippen molar-refractivity contribution in [1.82, 2.24) is 9.88 Å². The Hall–Kier alpha value is -2.27. The number of aromatic nitrogens is 1. The molecule has 0 aliphatic carbocycles. The van der Waals surface area contributed by atoms with Gasteiger partial charge in [-0.2, -0.15) is 0 Å². The Kier molecular flexibility index (Phi) is 5.20. The second-order valence-corrected chi connectivity index (χ2v) is 6.10. The average molecular weight is 347 g/mol. The monoisotopic (exact) mass is 346 g/mol. The van der Waals surface area contributed by atoms with Crippen LogP contribution >= 0.6 is 11.6 Å². The largest absolute Gasteiger partial charge is 0.496 e. The molecule has 0 radical (unpaired) electrons. The van der Waals surface area contributed by atoms with Crippen LogP contribution in [0, 0.1) is 0 Å². The number of rotatable bonds is 4. The fourth-order valence-corrected chi connectivity index (χ4v) is 3.02. The third-order valence-electron chi connectivity index (χ3n) is 4.01. The number of nitrogens with zero attached hydrogens (tertiary/aromatic N) is 2. The van der Waals surface area contributed by atoms with Crippen LogP contribution in [0.15, 0.2) is 42.7 Å². The average Bonchev–Trinajstić information content (AvgIpc) is 2.62. The number of carbonyl (C=O) groups is 1. The zero-order valence-corrected chi connectivity index (χ0v) is 14.2. The van der Waals surface area contributed by atoms with Crippen LogP contribution in [0.25, 0.3) is 0 Å². The first-order valence-corrected chi connectivity index (χ1v) is 8.24. The second kappa shape index (κ2) is 7.53. The van der Waals surface area contributed by atoms with Crippen molar-refractivity contribution in [3.8, 4) is 11.5 Å². The van der Waals surface area contributed by atoms with Crippen molar-refractivity contribution in [3.05, 3.63) is 53.3 Å². The molecule has 126 valence electrons. The van der Waals surface area contributed by atoms with Crippen LogP contribution in [-0.4, -0.2) is 42.1 Å². The van der Waals surface area contributed by atoms with Gasteiger partial charge in [0.1, 0.15) is 17.6 Å². The number of carbonyl (C=O) groups excluding carboxylic acids is 1. The van der Waals surface area contributed by atoms with Gasteiger partial charge in [0.15, 0.2) is 0 Å². The van der Waals surface area contributed by atoms with E-state index >= 15 is 0 Å². The molecule has 0 saturated carbocycles. The molecular weight excluding hydrogens is 328 g/mol. The summed E-state index contributed by atoms with van der Waals surface area (Å²) in [6.07, 6.45) is 5.16. The van der Waals surface area contributed by atoms with Gasteiger partial charge >= 0.3 is 0 Å². The maximum atomic E-state index is 12.9. The number of piperidine rings is 1. The predicted molar refractivity (Wildman–Crippen MR) is 91.8 cm³/mol. The minimum absolute atomic E-state index is 0.0321. The van der Waals surface area contributed by atoms with E-state index in [2.05, 4.69) is 4.98 Å². The number of amides is 1. The highest BCUT2D eigenvalue weighted by molar-refractivity contribution is 6.31. The Morgan fingerprint density at radius 3 is 2.83 bits per heavy atom. The van der Waals surface area contributed by atoms with E-state index in [4.69, 9.17) is 21.1 Å². The summed E-state index contributed by atoms with van der Waals surface area (Å²) >= 11 is 6.04. The summed E-state index contributed by atoms with van der Waals surface area (Å²) in [7, 11) is 1.55. The van der Waals surface area contributed by atoms with Crippen LogP contribution in [-0.2, 0) is 0 Å². The lowest BCUT2D eigenvalue weighted by Crippen LogP contribution is -2.44. The standard InChI is InChI=1S/C18H19ClN2O3/c1-23-17-5-4-13(19)11-16(17)18(22)21-10-2-3-15(12-21)24-14-6-8-20-9-7-14/h4-9,11,15H,2-3,10,12H2,1H3/t15-/m0/s1. The zero-order chi connectivity index (χ0) is 16.9. The molecular formula is C18H19ClN2O3. The highest BCUT2D eigenvalue weighted by Crippen LogP contribution is 2.26. The van der Waals surface area contributed by atoms with Crippen molar-refractivity contribution in [3.63, 3.8) is 0 Å². The normalized spacial score (nSPS) is 17.4. The highest BCUT2D eigenvalue weighted by atomic mass is 35.5. The lowest BCUT2D eigenvalue weighted by molar-refractivity contribution is 0.0535. The molecule has 1 amide bonds. The van der Waals surface area contributed by atoms with Gasteiger partial charge in [-0.1, -0.05) is 11.6 Å². The molecule has 6 heteroatoms. The predicted octanol–water partition coefficient (Wildman–Crippen LogP) is 3.43. The summed E-state index contributed by atoms with van der Waals surface area (Å²) in [5.74, 6) is 1.21. The third kappa shape index (κ3) is 3.79. The maximum absolute atomic E-state index is 12.9. The Balaban J connectivity index is 1.72. The Morgan fingerprint density at radius 1 is 1.29 bits per heavy atom. The number of hydrogen-bond acceptors (Lipinski definition) is 4. The lowest BCUT2D eigenvalue weighted by atomic mass is 10.1. The Bertz CT molecular complexity index is 709. The first-order chi connectivity index (χ1) is 11.7. The number of methoxy groups -OCH3 is 1. The van der Waals surface area contributed by atoms with Gasteiger partial charge in [-0.3, -0.25) is 9.78 Å². The Morgan fingerprint density at radius 2 is 2.08 bits per heavy atom. The van der Waals surface area contributed by atoms with Gasteiger partial charge < -0.3 is 14.4 Å². The number of ether oxygens (including phenoxy) is 2. The van der Waals surface area contributed by atoms with E-state index in [9.17, 15) is 4.79 Å². The van der Waals surface area contributed by atoms with E-state index in [0.29, 0.717) is 29.4 Å². The molecule has 2 aromatic rings. The van der Waals surface area contributed by atoms with E-state index in [1.807, 2.05) is 12.1 Å². The summed E-state index contributed by atoms with van der Waals surface area (Å²) in [6, 6.07) is 8.71. The van der Waals surface area contributed by atoms with Crippen molar-refractivity contribution >= 4 is 17.5 Å². The summed E-state index contributed by atoms with van der Waals surface area (Å²) in [6.45, 7) is 1.24. The SMILES string of the molecule is COc1ccc(Cl)cc1C(=O)N1CCC[C@H](Oc2ccncc2)C1. The molecule has 2 heterocycles. The fourth-order valence-electron chi connectivity index (χ4n) is 2.85. The van der Waals surface area contributed by atoms with Gasteiger partial charge in [0.2, 0.25) is 0 Å². The number of halogens is 1. The zero-order valence-electron chi connectivity index (χ0n) is 13.4. The van der Waals surface area contributed by atoms with E-state index in [1.54, 1.807) is 42.6 Å². The van der Waals surface area contributed by atoms with Gasteiger partial charge in [-0.25, -0.2) is 0 Å². The number of likely N-dealkylation sites (tertiary alicyclic amines) is 1. The molecule has 24 heavy (non-hydrogen) atoms. The van der Waals surface area contributed by atoms with Crippen LogP contribution in [0.3, 0.4) is 0 Å². The fraction of sp³-hybridized carbons (Fsp3) is 0.333. The summed E-state index contributed by atoms with van der Waals surface area (Å²) < 4.78 is 11.3. The molecule has 1 aromatic heterocycles. The van der Waals surface area contributed by atoms with Crippen LogP contribution in [0.1, 0.15) is 23.2 Å². The lowest BCUT2D eigenvalue weighted by Gasteiger charge is -2.33. The molecule has 0 N–H and O–H groups in total. The van der Waals surface area contributed by atoms with Crippen molar-refractivity contribution < 1.29 is 14.3 Å². The molecule has 1 aliphatic rings. The van der Waals surface area contributed by atoms with Crippen molar-refractivity contribution in [2.75, 3.05) is 20.2 Å². The van der Waals surface area contributed by atoms with Crippen molar-refractivity contribution in [2.45, 2.75) is 18.9 Å². The van der Waals surface area contributed by atoms with E-state index in [-0.39, 0.29) is 12.0 Å². The Labute approximate surface area is 146 Å². The van der Waals surface area contributed by atoms with Gasteiger partial charge in [0.05, 0.1) is 19.2 Å². The molecule has 1 saturated heterocycles. The van der Waals surface area contributed by atoms with Crippen LogP contribution in [0.5, 0.6) is 11.5 Å². The van der Waals surface area contributed by atoms with E-state index in [1.165, 1.54) is 0 Å². The minimum atomic E-state index is -0.0858. The van der Waals surface area contributed by atoms with Crippen molar-refractivity contribution in [1.29, 1.82) is 0 Å². The van der Waals surface area contributed by atoms with Gasteiger partial charge in [0, 0.05) is 24.0 Å². The molecule has 1 atom stereocenters. The summed E-state index contributed by atoms with van der Waals surface area (Å²) in [5.41, 5.74) is 0.481. The quantitative estimate of drug-likeness (QED) is 0.851. The van der Waals surface area contributed by atoms with Crippen molar-refractivity contribution in [2.24, 2.45) is 0 Å². The minimum Gasteiger partial charge on any atom is -0.496 e. The summed E-state index contributed by atoms with van der Waals surface area (Å²) in [5, 5.41) is 0.515. The van der Waals surface area contributed by atoms with Gasteiger partial charge in [-0.05, 0) is 43.2 Å². The van der Waals surface area contributed by atoms with E-state index < -0.39 is 0 Å². The van der Waals surface area contributed by atoms with Gasteiger partial charge in [0.25, 0.3) is 5.91 Å². The topological polar surface area (TPSA) is 51.7 Å². The molecule has 0 spiro atoms. The molecule has 0 bridgehead atoms. The number of hydrogen-bond donors (Lipinski definition) is 0. The molecule has 1 fully saturated rings. The number of benzene rings is 1. The second-order valence-electron chi connectivity index (χ2n) is 5.66.